The second-order valence-corrected chi connectivity index (χ2v) is 3.44. The number of carbonyl (C=O) groups excluding carboxylic acids is 1. The summed E-state index contributed by atoms with van der Waals surface area (Å²) in [6.07, 6.45) is 2.60. The molecular formula is C10H18O. The molecule has 64 valence electrons. The normalized spacial score (nSPS) is 13.1. The fraction of sp³-hybridized carbons (Fsp3) is 0.700. The maximum atomic E-state index is 10.1. The number of allylic oxidation sites excluding steroid dienone is 1. The fourth-order valence-corrected chi connectivity index (χ4v) is 1.40. The second kappa shape index (κ2) is 5.11. The number of hydrogen-bond donors (Lipinski definition) is 0. The van der Waals surface area contributed by atoms with Crippen molar-refractivity contribution in [2.75, 3.05) is 0 Å². The van der Waals surface area contributed by atoms with Gasteiger partial charge in [0.05, 0.1) is 0 Å². The van der Waals surface area contributed by atoms with Gasteiger partial charge >= 0.3 is 0 Å². The molecule has 0 rings (SSSR count). The Labute approximate surface area is 69.5 Å². The van der Waals surface area contributed by atoms with Crippen molar-refractivity contribution < 1.29 is 4.79 Å². The topological polar surface area (TPSA) is 17.1 Å². The third-order valence-corrected chi connectivity index (χ3v) is 2.03. The van der Waals surface area contributed by atoms with Gasteiger partial charge in [0.15, 0.2) is 0 Å². The molecule has 0 radical (unpaired) electrons. The maximum absolute atomic E-state index is 10.1. The summed E-state index contributed by atoms with van der Waals surface area (Å²) in [5.74, 6) is 1.12. The quantitative estimate of drug-likeness (QED) is 0.439. The van der Waals surface area contributed by atoms with Gasteiger partial charge in [-0.05, 0) is 25.2 Å². The first-order valence-electron chi connectivity index (χ1n) is 4.18. The highest BCUT2D eigenvalue weighted by Gasteiger charge is 2.12. The lowest BCUT2D eigenvalue weighted by Gasteiger charge is -2.19. The van der Waals surface area contributed by atoms with Crippen LogP contribution in [-0.4, -0.2) is 6.29 Å². The molecule has 0 bridgehead atoms. The van der Waals surface area contributed by atoms with E-state index in [1.807, 2.05) is 6.92 Å². The molecule has 11 heavy (non-hydrogen) atoms. The van der Waals surface area contributed by atoms with Crippen molar-refractivity contribution in [1.82, 2.24) is 0 Å². The van der Waals surface area contributed by atoms with Gasteiger partial charge in [0.1, 0.15) is 6.29 Å². The predicted octanol–water partition coefficient (Wildman–Crippen LogP) is 2.81. The molecule has 0 fully saturated rings. The van der Waals surface area contributed by atoms with Crippen molar-refractivity contribution >= 4 is 6.29 Å². The van der Waals surface area contributed by atoms with Gasteiger partial charge in [0.25, 0.3) is 0 Å². The first kappa shape index (κ1) is 10.4. The van der Waals surface area contributed by atoms with Gasteiger partial charge in [-0.15, -0.1) is 0 Å². The van der Waals surface area contributed by atoms with Gasteiger partial charge in [0, 0.05) is 6.42 Å². The highest BCUT2D eigenvalue weighted by atomic mass is 16.1. The molecule has 0 aliphatic heterocycles. The average molecular weight is 154 g/mol. The molecule has 0 heterocycles. The summed E-state index contributed by atoms with van der Waals surface area (Å²) >= 11 is 0. The predicted molar refractivity (Wildman–Crippen MR) is 48.4 cm³/mol. The van der Waals surface area contributed by atoms with Gasteiger partial charge in [0.2, 0.25) is 0 Å². The number of aldehydes is 1. The molecule has 0 amide bonds. The lowest BCUT2D eigenvalue weighted by atomic mass is 9.86. The molecule has 0 saturated heterocycles. The van der Waals surface area contributed by atoms with Crippen LogP contribution in [0.15, 0.2) is 12.2 Å². The van der Waals surface area contributed by atoms with Gasteiger partial charge in [-0.25, -0.2) is 0 Å². The third-order valence-electron chi connectivity index (χ3n) is 2.03. The lowest BCUT2D eigenvalue weighted by Crippen LogP contribution is -2.09. The molecule has 1 atom stereocenters. The van der Waals surface area contributed by atoms with Crippen molar-refractivity contribution in [3.8, 4) is 0 Å². The second-order valence-electron chi connectivity index (χ2n) is 3.44. The Kier molecular flexibility index (Phi) is 4.84. The summed E-state index contributed by atoms with van der Waals surface area (Å²) in [4.78, 5) is 10.1. The Morgan fingerprint density at radius 2 is 2.09 bits per heavy atom. The highest BCUT2D eigenvalue weighted by Crippen LogP contribution is 2.23. The maximum Gasteiger partial charge on any atom is 0.120 e. The molecule has 1 heteroatoms. The van der Waals surface area contributed by atoms with Crippen LogP contribution in [0.1, 0.15) is 33.6 Å². The first-order valence-corrected chi connectivity index (χ1v) is 4.18. The Balaban J connectivity index is 3.89. The van der Waals surface area contributed by atoms with E-state index in [0.717, 1.165) is 12.7 Å². The monoisotopic (exact) mass is 154 g/mol. The molecule has 0 aromatic carbocycles. The number of rotatable bonds is 5. The van der Waals surface area contributed by atoms with Crippen LogP contribution in [0.2, 0.25) is 0 Å². The van der Waals surface area contributed by atoms with E-state index in [-0.39, 0.29) is 0 Å². The Bertz CT molecular complexity index is 136. The zero-order valence-corrected chi connectivity index (χ0v) is 7.76. The minimum Gasteiger partial charge on any atom is -0.303 e. The first-order chi connectivity index (χ1) is 5.09. The molecular weight excluding hydrogens is 136 g/mol. The van der Waals surface area contributed by atoms with Gasteiger partial charge in [-0.3, -0.25) is 0 Å². The summed E-state index contributed by atoms with van der Waals surface area (Å²) in [7, 11) is 0. The number of carbonyl (C=O) groups is 1. The van der Waals surface area contributed by atoms with Gasteiger partial charge in [-0.1, -0.05) is 26.0 Å². The van der Waals surface area contributed by atoms with Gasteiger partial charge in [-0.2, -0.15) is 0 Å². The van der Waals surface area contributed by atoms with Crippen molar-refractivity contribution in [2.45, 2.75) is 33.6 Å². The fourth-order valence-electron chi connectivity index (χ4n) is 1.40. The molecule has 0 saturated carbocycles. The molecule has 0 aliphatic rings. The van der Waals surface area contributed by atoms with Crippen molar-refractivity contribution in [1.29, 1.82) is 0 Å². The van der Waals surface area contributed by atoms with Gasteiger partial charge < -0.3 is 4.79 Å². The van der Waals surface area contributed by atoms with Crippen LogP contribution in [0.5, 0.6) is 0 Å². The van der Waals surface area contributed by atoms with Crippen LogP contribution in [0.25, 0.3) is 0 Å². The van der Waals surface area contributed by atoms with Crippen LogP contribution < -0.4 is 0 Å². The largest absolute Gasteiger partial charge is 0.303 e. The average Bonchev–Trinajstić information content (AvgIpc) is 1.87. The van der Waals surface area contributed by atoms with E-state index >= 15 is 0 Å². The summed E-state index contributed by atoms with van der Waals surface area (Å²) in [6.45, 7) is 10.3. The summed E-state index contributed by atoms with van der Waals surface area (Å²) in [6, 6.07) is 0. The zero-order valence-electron chi connectivity index (χ0n) is 7.76. The lowest BCUT2D eigenvalue weighted by molar-refractivity contribution is -0.108. The molecule has 1 nitrogen and oxygen atoms in total. The van der Waals surface area contributed by atoms with Crippen molar-refractivity contribution in [3.05, 3.63) is 12.2 Å². The molecule has 1 unspecified atom stereocenters. The minimum absolute atomic E-state index is 0.514. The smallest absolute Gasteiger partial charge is 0.120 e. The van der Waals surface area contributed by atoms with E-state index in [9.17, 15) is 4.79 Å². The highest BCUT2D eigenvalue weighted by molar-refractivity contribution is 5.49. The van der Waals surface area contributed by atoms with E-state index in [1.54, 1.807) is 0 Å². The van der Waals surface area contributed by atoms with E-state index < -0.39 is 0 Å². The van der Waals surface area contributed by atoms with Crippen molar-refractivity contribution in [3.63, 3.8) is 0 Å². The van der Waals surface area contributed by atoms with Crippen LogP contribution in [0.4, 0.5) is 0 Å². The van der Waals surface area contributed by atoms with E-state index in [0.29, 0.717) is 18.3 Å². The summed E-state index contributed by atoms with van der Waals surface area (Å²) < 4.78 is 0. The standard InChI is InChI=1S/C10H18O/c1-8(2)10(9(3)4)6-5-7-11/h7,9-10H,1,5-6H2,2-4H3. The van der Waals surface area contributed by atoms with E-state index in [1.165, 1.54) is 5.57 Å². The molecule has 0 N–H and O–H groups in total. The van der Waals surface area contributed by atoms with Crippen LogP contribution in [-0.2, 0) is 4.79 Å². The summed E-state index contributed by atoms with van der Waals surface area (Å²) in [5.41, 5.74) is 1.20. The molecule has 0 aliphatic carbocycles. The van der Waals surface area contributed by atoms with Crippen LogP contribution in [0, 0.1) is 11.8 Å². The Morgan fingerprint density at radius 1 is 1.55 bits per heavy atom. The zero-order chi connectivity index (χ0) is 8.85. The van der Waals surface area contributed by atoms with E-state index in [2.05, 4.69) is 20.4 Å². The minimum atomic E-state index is 0.514. The molecule has 0 aromatic rings. The third kappa shape index (κ3) is 3.97. The SMILES string of the molecule is C=C(C)C(CCC=O)C(C)C. The number of hydrogen-bond acceptors (Lipinski definition) is 1. The van der Waals surface area contributed by atoms with Crippen LogP contribution >= 0.6 is 0 Å². The Hall–Kier alpha value is -0.590. The van der Waals surface area contributed by atoms with Crippen LogP contribution in [0.3, 0.4) is 0 Å². The van der Waals surface area contributed by atoms with Crippen molar-refractivity contribution in [2.24, 2.45) is 11.8 Å². The Morgan fingerprint density at radius 3 is 2.36 bits per heavy atom. The molecule has 0 spiro atoms. The van der Waals surface area contributed by atoms with E-state index in [4.69, 9.17) is 0 Å². The molecule has 0 aromatic heterocycles. The summed E-state index contributed by atoms with van der Waals surface area (Å²) in [5, 5.41) is 0.